The van der Waals surface area contributed by atoms with Crippen LogP contribution in [0.3, 0.4) is 0 Å². The summed E-state index contributed by atoms with van der Waals surface area (Å²) < 4.78 is 7.36. The number of benzene rings is 2. The SMILES string of the molecule is O=C(O)c1cn(-c2cccc(Oc3ccc(Cl)cc3)c2)cn1. The average molecular weight is 315 g/mol. The maximum atomic E-state index is 10.9. The van der Waals surface area contributed by atoms with Crippen LogP contribution >= 0.6 is 11.6 Å². The molecule has 0 aliphatic rings. The molecule has 0 saturated carbocycles. The number of carboxylic acid groups (broad SMARTS) is 1. The van der Waals surface area contributed by atoms with Gasteiger partial charge in [0.1, 0.15) is 17.8 Å². The Bertz CT molecular complexity index is 812. The lowest BCUT2D eigenvalue weighted by molar-refractivity contribution is 0.0691. The summed E-state index contributed by atoms with van der Waals surface area (Å²) in [7, 11) is 0. The van der Waals surface area contributed by atoms with Gasteiger partial charge in [-0.3, -0.25) is 0 Å². The quantitative estimate of drug-likeness (QED) is 0.790. The Labute approximate surface area is 131 Å². The van der Waals surface area contributed by atoms with Crippen molar-refractivity contribution in [3.8, 4) is 17.2 Å². The highest BCUT2D eigenvalue weighted by Gasteiger charge is 2.08. The molecule has 3 rings (SSSR count). The van der Waals surface area contributed by atoms with Crippen molar-refractivity contribution in [2.45, 2.75) is 0 Å². The van der Waals surface area contributed by atoms with Gasteiger partial charge in [-0.15, -0.1) is 0 Å². The van der Waals surface area contributed by atoms with Crippen molar-refractivity contribution in [3.63, 3.8) is 0 Å². The second kappa shape index (κ2) is 5.91. The van der Waals surface area contributed by atoms with Crippen molar-refractivity contribution in [3.05, 3.63) is 71.8 Å². The highest BCUT2D eigenvalue weighted by molar-refractivity contribution is 6.30. The third-order valence-electron chi connectivity index (χ3n) is 2.97. The molecular weight excluding hydrogens is 304 g/mol. The van der Waals surface area contributed by atoms with E-state index in [-0.39, 0.29) is 5.69 Å². The fraction of sp³-hybridized carbons (Fsp3) is 0. The fourth-order valence-corrected chi connectivity index (χ4v) is 2.05. The molecule has 0 bridgehead atoms. The summed E-state index contributed by atoms with van der Waals surface area (Å²) in [6, 6.07) is 14.3. The zero-order valence-electron chi connectivity index (χ0n) is 11.3. The first-order chi connectivity index (χ1) is 10.6. The van der Waals surface area contributed by atoms with E-state index in [1.165, 1.54) is 12.5 Å². The molecule has 0 saturated heterocycles. The maximum absolute atomic E-state index is 10.9. The van der Waals surface area contributed by atoms with Crippen molar-refractivity contribution in [1.29, 1.82) is 0 Å². The number of carboxylic acids is 1. The van der Waals surface area contributed by atoms with E-state index in [9.17, 15) is 4.79 Å². The molecule has 6 heteroatoms. The van der Waals surface area contributed by atoms with E-state index >= 15 is 0 Å². The lowest BCUT2D eigenvalue weighted by atomic mass is 10.3. The van der Waals surface area contributed by atoms with Crippen LogP contribution in [0.5, 0.6) is 11.5 Å². The molecule has 3 aromatic rings. The summed E-state index contributed by atoms with van der Waals surface area (Å²) in [5, 5.41) is 9.55. The average Bonchev–Trinajstić information content (AvgIpc) is 3.00. The summed E-state index contributed by atoms with van der Waals surface area (Å²) in [6.07, 6.45) is 2.90. The van der Waals surface area contributed by atoms with Gasteiger partial charge in [-0.25, -0.2) is 9.78 Å². The van der Waals surface area contributed by atoms with Crippen LogP contribution in [0.1, 0.15) is 10.5 Å². The Hall–Kier alpha value is -2.79. The minimum Gasteiger partial charge on any atom is -0.476 e. The molecule has 110 valence electrons. The van der Waals surface area contributed by atoms with E-state index in [1.54, 1.807) is 34.9 Å². The van der Waals surface area contributed by atoms with Gasteiger partial charge in [0.15, 0.2) is 5.69 Å². The van der Waals surface area contributed by atoms with Gasteiger partial charge in [-0.05, 0) is 36.4 Å². The Morgan fingerprint density at radius 1 is 1.14 bits per heavy atom. The van der Waals surface area contributed by atoms with Crippen molar-refractivity contribution < 1.29 is 14.6 Å². The molecular formula is C16H11ClN2O3. The lowest BCUT2D eigenvalue weighted by Gasteiger charge is -2.08. The van der Waals surface area contributed by atoms with Crippen LogP contribution in [-0.2, 0) is 0 Å². The summed E-state index contributed by atoms with van der Waals surface area (Å²) in [5.41, 5.74) is 0.746. The van der Waals surface area contributed by atoms with E-state index < -0.39 is 5.97 Å². The minimum absolute atomic E-state index is 0.0102. The van der Waals surface area contributed by atoms with Crippen LogP contribution in [0.15, 0.2) is 61.1 Å². The van der Waals surface area contributed by atoms with E-state index in [2.05, 4.69) is 4.98 Å². The maximum Gasteiger partial charge on any atom is 0.356 e. The van der Waals surface area contributed by atoms with E-state index in [0.29, 0.717) is 16.5 Å². The summed E-state index contributed by atoms with van der Waals surface area (Å²) in [6.45, 7) is 0. The number of ether oxygens (including phenoxy) is 1. The van der Waals surface area contributed by atoms with Crippen LogP contribution in [0.4, 0.5) is 0 Å². The molecule has 0 fully saturated rings. The van der Waals surface area contributed by atoms with Crippen molar-refractivity contribution in [1.82, 2.24) is 9.55 Å². The summed E-state index contributed by atoms with van der Waals surface area (Å²) in [4.78, 5) is 14.7. The third-order valence-corrected chi connectivity index (χ3v) is 3.22. The zero-order chi connectivity index (χ0) is 15.5. The Kier molecular flexibility index (Phi) is 3.80. The molecule has 0 aliphatic carbocycles. The molecule has 22 heavy (non-hydrogen) atoms. The van der Waals surface area contributed by atoms with Crippen molar-refractivity contribution in [2.75, 3.05) is 0 Å². The first-order valence-corrected chi connectivity index (χ1v) is 6.81. The first kappa shape index (κ1) is 14.2. The van der Waals surface area contributed by atoms with Crippen LogP contribution < -0.4 is 4.74 Å². The fourth-order valence-electron chi connectivity index (χ4n) is 1.92. The molecule has 5 nitrogen and oxygen atoms in total. The van der Waals surface area contributed by atoms with E-state index in [1.807, 2.05) is 18.2 Å². The van der Waals surface area contributed by atoms with Crippen LogP contribution in [0.25, 0.3) is 5.69 Å². The molecule has 0 aliphatic heterocycles. The number of hydrogen-bond acceptors (Lipinski definition) is 3. The first-order valence-electron chi connectivity index (χ1n) is 6.43. The number of rotatable bonds is 4. The predicted octanol–water partition coefficient (Wildman–Crippen LogP) is 4.02. The largest absolute Gasteiger partial charge is 0.476 e. The molecule has 0 atom stereocenters. The number of aromatic nitrogens is 2. The van der Waals surface area contributed by atoms with Crippen molar-refractivity contribution in [2.24, 2.45) is 0 Å². The molecule has 2 aromatic carbocycles. The Morgan fingerprint density at radius 2 is 1.91 bits per heavy atom. The van der Waals surface area contributed by atoms with Gasteiger partial charge < -0.3 is 14.4 Å². The Morgan fingerprint density at radius 3 is 2.59 bits per heavy atom. The number of imidazole rings is 1. The highest BCUT2D eigenvalue weighted by atomic mass is 35.5. The smallest absolute Gasteiger partial charge is 0.356 e. The number of carbonyl (C=O) groups is 1. The highest BCUT2D eigenvalue weighted by Crippen LogP contribution is 2.25. The van der Waals surface area contributed by atoms with Gasteiger partial charge in [0, 0.05) is 17.3 Å². The van der Waals surface area contributed by atoms with E-state index in [0.717, 1.165) is 5.69 Å². The van der Waals surface area contributed by atoms with Gasteiger partial charge in [0.25, 0.3) is 0 Å². The standard InChI is InChI=1S/C16H11ClN2O3/c17-11-4-6-13(7-5-11)22-14-3-1-2-12(8-14)19-9-15(16(20)21)18-10-19/h1-10H,(H,20,21). The normalized spacial score (nSPS) is 10.4. The number of nitrogens with zero attached hydrogens (tertiary/aromatic N) is 2. The topological polar surface area (TPSA) is 64.3 Å². The molecule has 0 unspecified atom stereocenters. The number of hydrogen-bond donors (Lipinski definition) is 1. The lowest BCUT2D eigenvalue weighted by Crippen LogP contribution is -1.96. The van der Waals surface area contributed by atoms with Gasteiger partial charge in [0.05, 0.1) is 5.69 Å². The van der Waals surface area contributed by atoms with Gasteiger partial charge >= 0.3 is 5.97 Å². The molecule has 1 N–H and O–H groups in total. The molecule has 1 aromatic heterocycles. The van der Waals surface area contributed by atoms with Gasteiger partial charge in [-0.1, -0.05) is 17.7 Å². The molecule has 0 radical (unpaired) electrons. The second-order valence-electron chi connectivity index (χ2n) is 4.52. The third kappa shape index (κ3) is 3.10. The summed E-state index contributed by atoms with van der Waals surface area (Å²) in [5.74, 6) is 0.233. The van der Waals surface area contributed by atoms with Gasteiger partial charge in [-0.2, -0.15) is 0 Å². The van der Waals surface area contributed by atoms with Crippen LogP contribution in [0.2, 0.25) is 5.02 Å². The molecule has 0 spiro atoms. The van der Waals surface area contributed by atoms with Crippen LogP contribution in [-0.4, -0.2) is 20.6 Å². The van der Waals surface area contributed by atoms with Crippen molar-refractivity contribution >= 4 is 17.6 Å². The minimum atomic E-state index is -1.06. The number of halogens is 1. The van der Waals surface area contributed by atoms with Crippen LogP contribution in [0, 0.1) is 0 Å². The summed E-state index contributed by atoms with van der Waals surface area (Å²) >= 11 is 5.83. The number of aromatic carboxylic acids is 1. The second-order valence-corrected chi connectivity index (χ2v) is 4.96. The predicted molar refractivity (Wildman–Crippen MR) is 82.0 cm³/mol. The molecule has 1 heterocycles. The Balaban J connectivity index is 1.85. The van der Waals surface area contributed by atoms with Gasteiger partial charge in [0.2, 0.25) is 0 Å². The zero-order valence-corrected chi connectivity index (χ0v) is 12.1. The molecule has 0 amide bonds. The van der Waals surface area contributed by atoms with E-state index in [4.69, 9.17) is 21.4 Å². The monoisotopic (exact) mass is 314 g/mol.